The second kappa shape index (κ2) is 64.6. The molecular weight excluding hydrogens is 1000 g/mol. The minimum absolute atomic E-state index is 0.0539. The van der Waals surface area contributed by atoms with Crippen molar-refractivity contribution < 1.29 is 37.6 Å². The molecule has 0 saturated heterocycles. The van der Waals surface area contributed by atoms with Crippen LogP contribution < -0.4 is 5.73 Å². The molecule has 0 aliphatic rings. The van der Waals surface area contributed by atoms with Gasteiger partial charge in [0.05, 0.1) is 13.2 Å². The highest BCUT2D eigenvalue weighted by Gasteiger charge is 2.26. The van der Waals surface area contributed by atoms with E-state index in [-0.39, 0.29) is 38.6 Å². The van der Waals surface area contributed by atoms with Gasteiger partial charge in [-0.3, -0.25) is 18.6 Å². The molecule has 0 aromatic heterocycles. The molecule has 0 fully saturated rings. The lowest BCUT2D eigenvalue weighted by molar-refractivity contribution is -0.161. The van der Waals surface area contributed by atoms with Crippen molar-refractivity contribution in [3.05, 3.63) is 72.9 Å². The summed E-state index contributed by atoms with van der Waals surface area (Å²) >= 11 is 0. The van der Waals surface area contributed by atoms with Crippen molar-refractivity contribution in [1.82, 2.24) is 0 Å². The maximum Gasteiger partial charge on any atom is 0.472 e. The van der Waals surface area contributed by atoms with E-state index in [0.29, 0.717) is 6.42 Å². The topological polar surface area (TPSA) is 134 Å². The Morgan fingerprint density at radius 2 is 0.696 bits per heavy atom. The second-order valence-electron chi connectivity index (χ2n) is 22.3. The highest BCUT2D eigenvalue weighted by atomic mass is 31.2. The van der Waals surface area contributed by atoms with E-state index in [1.165, 1.54) is 212 Å². The Morgan fingerprint density at radius 1 is 0.392 bits per heavy atom. The number of phosphoric acid groups is 1. The largest absolute Gasteiger partial charge is 0.472 e. The molecule has 0 saturated carbocycles. The third-order valence-corrected chi connectivity index (χ3v) is 15.6. The standard InChI is InChI=1S/C69H126NO8P/c1-3-5-7-9-11-13-15-17-19-21-23-25-27-28-29-30-31-32-33-34-35-36-37-38-40-42-44-46-48-50-52-54-56-58-60-62-69(72)78-67(66-77-79(73,74)76-64-63-70)65-75-68(71)61-59-57-55-53-51-49-47-45-43-41-39-26-24-22-20-18-16-14-12-10-8-6-4-2/h5,7,11,13,17,19,23,25,28-29,31-32,67H,3-4,6,8-10,12,14-16,18,20-22,24,26-27,30,33-66,70H2,1-2H3,(H,73,74)/b7-5-,13-11-,19-17-,25-23-,29-28-,32-31-. The molecule has 79 heavy (non-hydrogen) atoms. The first kappa shape index (κ1) is 76.5. The van der Waals surface area contributed by atoms with E-state index in [2.05, 4.69) is 86.8 Å². The van der Waals surface area contributed by atoms with Crippen LogP contribution in [-0.2, 0) is 32.7 Å². The van der Waals surface area contributed by atoms with Crippen LogP contribution in [0.15, 0.2) is 72.9 Å². The van der Waals surface area contributed by atoms with Crippen LogP contribution in [0.2, 0.25) is 0 Å². The molecular formula is C69H126NO8P. The fraction of sp³-hybridized carbons (Fsp3) is 0.797. The number of hydrogen-bond donors (Lipinski definition) is 2. The normalized spacial score (nSPS) is 13.4. The number of nitrogens with two attached hydrogens (primary N) is 1. The number of carbonyl (C=O) groups is 2. The minimum Gasteiger partial charge on any atom is -0.462 e. The highest BCUT2D eigenvalue weighted by molar-refractivity contribution is 7.47. The molecule has 3 N–H and O–H groups in total. The van der Waals surface area contributed by atoms with Crippen LogP contribution in [0.4, 0.5) is 0 Å². The van der Waals surface area contributed by atoms with Gasteiger partial charge in [0.15, 0.2) is 6.10 Å². The van der Waals surface area contributed by atoms with Gasteiger partial charge < -0.3 is 20.1 Å². The molecule has 2 atom stereocenters. The number of phosphoric ester groups is 1. The molecule has 0 spiro atoms. The van der Waals surface area contributed by atoms with E-state index in [0.717, 1.165) is 77.0 Å². The lowest BCUT2D eigenvalue weighted by Crippen LogP contribution is -2.29. The average molecular weight is 1130 g/mol. The van der Waals surface area contributed by atoms with Gasteiger partial charge in [-0.2, -0.15) is 0 Å². The lowest BCUT2D eigenvalue weighted by Gasteiger charge is -2.19. The summed E-state index contributed by atoms with van der Waals surface area (Å²) in [5.41, 5.74) is 5.40. The third-order valence-electron chi connectivity index (χ3n) is 14.6. The second-order valence-corrected chi connectivity index (χ2v) is 23.8. The predicted molar refractivity (Wildman–Crippen MR) is 339 cm³/mol. The predicted octanol–water partition coefficient (Wildman–Crippen LogP) is 21.6. The number of allylic oxidation sites excluding steroid dienone is 12. The Hall–Kier alpha value is -2.55. The summed E-state index contributed by atoms with van der Waals surface area (Å²) in [6.45, 7) is 3.68. The van der Waals surface area contributed by atoms with Crippen LogP contribution >= 0.6 is 7.82 Å². The number of rotatable bonds is 63. The molecule has 0 bridgehead atoms. The van der Waals surface area contributed by atoms with Gasteiger partial charge in [0.2, 0.25) is 0 Å². The summed E-state index contributed by atoms with van der Waals surface area (Å²) in [5.74, 6) is -0.812. The molecule has 460 valence electrons. The first-order valence-corrected chi connectivity index (χ1v) is 34.9. The van der Waals surface area contributed by atoms with Crippen LogP contribution in [0, 0.1) is 0 Å². The Morgan fingerprint density at radius 3 is 1.04 bits per heavy atom. The molecule has 0 aromatic rings. The molecule has 0 amide bonds. The maximum absolute atomic E-state index is 12.8. The van der Waals surface area contributed by atoms with E-state index in [1.54, 1.807) is 0 Å². The maximum atomic E-state index is 12.8. The number of hydrogen-bond acceptors (Lipinski definition) is 8. The zero-order chi connectivity index (χ0) is 57.3. The van der Waals surface area contributed by atoms with Crippen molar-refractivity contribution in [3.63, 3.8) is 0 Å². The first-order valence-electron chi connectivity index (χ1n) is 33.4. The minimum atomic E-state index is -4.39. The summed E-state index contributed by atoms with van der Waals surface area (Å²) in [5, 5.41) is 0. The van der Waals surface area contributed by atoms with Crippen LogP contribution in [0.1, 0.15) is 322 Å². The van der Waals surface area contributed by atoms with Gasteiger partial charge in [0.25, 0.3) is 0 Å². The van der Waals surface area contributed by atoms with Crippen molar-refractivity contribution in [3.8, 4) is 0 Å². The molecule has 10 heteroatoms. The van der Waals surface area contributed by atoms with E-state index in [1.807, 2.05) is 0 Å². The van der Waals surface area contributed by atoms with Crippen LogP contribution in [-0.4, -0.2) is 49.3 Å². The Balaban J connectivity index is 3.87. The molecule has 0 rings (SSSR count). The fourth-order valence-electron chi connectivity index (χ4n) is 9.70. The van der Waals surface area contributed by atoms with Gasteiger partial charge in [0.1, 0.15) is 6.61 Å². The smallest absolute Gasteiger partial charge is 0.462 e. The van der Waals surface area contributed by atoms with Crippen molar-refractivity contribution in [2.24, 2.45) is 5.73 Å². The van der Waals surface area contributed by atoms with Crippen LogP contribution in [0.5, 0.6) is 0 Å². The summed E-state index contributed by atoms with van der Waals surface area (Å²) in [6, 6.07) is 0. The molecule has 0 heterocycles. The zero-order valence-corrected chi connectivity index (χ0v) is 52.5. The van der Waals surface area contributed by atoms with Gasteiger partial charge >= 0.3 is 19.8 Å². The third kappa shape index (κ3) is 64.5. The molecule has 0 radical (unpaired) electrons. The van der Waals surface area contributed by atoms with Gasteiger partial charge in [-0.15, -0.1) is 0 Å². The lowest BCUT2D eigenvalue weighted by atomic mass is 10.0. The van der Waals surface area contributed by atoms with E-state index < -0.39 is 26.5 Å². The molecule has 0 aliphatic heterocycles. The Labute approximate surface area is 488 Å². The van der Waals surface area contributed by atoms with Crippen LogP contribution in [0.3, 0.4) is 0 Å². The SMILES string of the molecule is CC/C=C\C/C=C\C/C=C\C/C=C\C/C=C\C/C=C\CCCCCCCCCCCCCCCCCCC(=O)OC(COC(=O)CCCCCCCCCCCCCCCCCCCCCCCCC)COP(=O)(O)OCCN. The Bertz CT molecular complexity index is 1520. The summed E-state index contributed by atoms with van der Waals surface area (Å²) in [6.07, 6.45) is 84.1. The zero-order valence-electron chi connectivity index (χ0n) is 51.6. The van der Waals surface area contributed by atoms with Gasteiger partial charge in [-0.25, -0.2) is 4.57 Å². The molecule has 0 aromatic carbocycles. The fourth-order valence-corrected chi connectivity index (χ4v) is 10.5. The summed E-state index contributed by atoms with van der Waals surface area (Å²) in [4.78, 5) is 35.3. The number of esters is 2. The number of unbranched alkanes of at least 4 members (excludes halogenated alkanes) is 38. The quantitative estimate of drug-likeness (QED) is 0.0264. The number of ether oxygens (including phenoxy) is 2. The van der Waals surface area contributed by atoms with E-state index >= 15 is 0 Å². The molecule has 2 unspecified atom stereocenters. The summed E-state index contributed by atoms with van der Waals surface area (Å²) in [7, 11) is -4.39. The van der Waals surface area contributed by atoms with Gasteiger partial charge in [-0.1, -0.05) is 318 Å². The molecule has 0 aliphatic carbocycles. The van der Waals surface area contributed by atoms with E-state index in [9.17, 15) is 19.0 Å². The van der Waals surface area contributed by atoms with Gasteiger partial charge in [-0.05, 0) is 64.2 Å². The monoisotopic (exact) mass is 1130 g/mol. The Kier molecular flexibility index (Phi) is 62.5. The van der Waals surface area contributed by atoms with Crippen molar-refractivity contribution >= 4 is 19.8 Å². The van der Waals surface area contributed by atoms with Crippen molar-refractivity contribution in [2.75, 3.05) is 26.4 Å². The summed E-state index contributed by atoms with van der Waals surface area (Å²) < 4.78 is 33.2. The average Bonchev–Trinajstić information content (AvgIpc) is 3.44. The first-order chi connectivity index (χ1) is 38.8. The van der Waals surface area contributed by atoms with Gasteiger partial charge in [0, 0.05) is 19.4 Å². The highest BCUT2D eigenvalue weighted by Crippen LogP contribution is 2.43. The molecule has 9 nitrogen and oxygen atoms in total. The van der Waals surface area contributed by atoms with Crippen LogP contribution in [0.25, 0.3) is 0 Å². The van der Waals surface area contributed by atoms with Crippen molar-refractivity contribution in [2.45, 2.75) is 328 Å². The number of carbonyl (C=O) groups excluding carboxylic acids is 2. The van der Waals surface area contributed by atoms with E-state index in [4.69, 9.17) is 24.3 Å². The van der Waals surface area contributed by atoms with Crippen molar-refractivity contribution in [1.29, 1.82) is 0 Å².